The average Bonchev–Trinajstić information content (AvgIpc) is 3.64. The summed E-state index contributed by atoms with van der Waals surface area (Å²) >= 11 is 1.52. The molecule has 0 aliphatic carbocycles. The number of fused-ring (bicyclic) bond motifs is 1. The van der Waals surface area contributed by atoms with Crippen molar-refractivity contribution < 1.29 is 70.6 Å². The third-order valence-corrected chi connectivity index (χ3v) is 9.79. The first-order chi connectivity index (χ1) is 29.5. The molecule has 0 unspecified atom stereocenters. The van der Waals surface area contributed by atoms with Crippen molar-refractivity contribution in [3.8, 4) is 0 Å². The number of benzene rings is 3. The third kappa shape index (κ3) is 18.7. The maximum absolute atomic E-state index is 13.5. The fourth-order valence-electron chi connectivity index (χ4n) is 5.70. The van der Waals surface area contributed by atoms with E-state index in [1.807, 2.05) is 65.1 Å². The monoisotopic (exact) mass is 916 g/mol. The van der Waals surface area contributed by atoms with Gasteiger partial charge in [0.1, 0.15) is 6.04 Å². The fourth-order valence-corrected chi connectivity index (χ4v) is 6.17. The van der Waals surface area contributed by atoms with Gasteiger partial charge in [0.15, 0.2) is 0 Å². The summed E-state index contributed by atoms with van der Waals surface area (Å²) in [6, 6.07) is 19.0. The molecule has 344 valence electrons. The van der Waals surface area contributed by atoms with Gasteiger partial charge in [-0.2, -0.15) is 38.1 Å². The number of alkyl halides is 6. The van der Waals surface area contributed by atoms with Gasteiger partial charge in [0, 0.05) is 49.7 Å². The molecule has 0 aliphatic heterocycles. The molecule has 1 aromatic heterocycles. The maximum Gasteiger partial charge on any atom is 0.490 e. The number of carbonyl (C=O) groups is 5. The van der Waals surface area contributed by atoms with E-state index in [0.717, 1.165) is 28.3 Å². The summed E-state index contributed by atoms with van der Waals surface area (Å²) in [7, 11) is 0. The number of amides is 2. The summed E-state index contributed by atoms with van der Waals surface area (Å²) in [6.45, 7) is 5.25. The van der Waals surface area contributed by atoms with Gasteiger partial charge in [-0.15, -0.1) is 0 Å². The lowest BCUT2D eigenvalue weighted by molar-refractivity contribution is -0.384. The number of aromatic nitrogens is 2. The lowest BCUT2D eigenvalue weighted by atomic mass is 9.97. The number of carbonyl (C=O) groups excluding carboxylic acids is 2. The smallest absolute Gasteiger partial charge is 0.480 e. The van der Waals surface area contributed by atoms with Crippen molar-refractivity contribution in [1.82, 2.24) is 25.1 Å². The van der Waals surface area contributed by atoms with E-state index in [1.54, 1.807) is 24.7 Å². The first kappa shape index (κ1) is 52.9. The van der Waals surface area contributed by atoms with Crippen molar-refractivity contribution in [3.63, 3.8) is 0 Å². The number of thioether (sulfide) groups is 1. The van der Waals surface area contributed by atoms with Gasteiger partial charge in [-0.25, -0.2) is 19.4 Å². The molecule has 5 N–H and O–H groups in total. The Hall–Kier alpha value is -6.23. The minimum atomic E-state index is -5.08. The lowest BCUT2D eigenvalue weighted by Crippen LogP contribution is -2.51. The number of nitrogens with zero attached hydrogens (tertiary/aromatic N) is 4. The van der Waals surface area contributed by atoms with Crippen LogP contribution < -0.4 is 10.6 Å². The average molecular weight is 917 g/mol. The number of rotatable bonds is 19. The minimum absolute atomic E-state index is 0.00865. The molecule has 63 heavy (non-hydrogen) atoms. The Labute approximate surface area is 360 Å². The van der Waals surface area contributed by atoms with Crippen LogP contribution in [0.15, 0.2) is 79.3 Å². The highest BCUT2D eigenvalue weighted by atomic mass is 32.2. The molecular formula is C40H46F6N6O10S. The van der Waals surface area contributed by atoms with E-state index >= 15 is 0 Å². The van der Waals surface area contributed by atoms with E-state index in [4.69, 9.17) is 19.8 Å². The number of imidazole rings is 1. The molecule has 23 heteroatoms. The van der Waals surface area contributed by atoms with Gasteiger partial charge < -0.3 is 30.5 Å². The summed E-state index contributed by atoms with van der Waals surface area (Å²) in [5.41, 5.74) is 2.56. The Morgan fingerprint density at radius 2 is 1.48 bits per heavy atom. The van der Waals surface area contributed by atoms with Gasteiger partial charge in [-0.05, 0) is 46.2 Å². The summed E-state index contributed by atoms with van der Waals surface area (Å²) in [6.07, 6.45) is -3.84. The number of nitro benzene ring substituents is 1. The Kier molecular flexibility index (Phi) is 21.0. The molecule has 2 amide bonds. The van der Waals surface area contributed by atoms with Crippen LogP contribution in [0, 0.1) is 16.0 Å². The Balaban J connectivity index is 0.000000838. The molecule has 0 saturated carbocycles. The fraction of sp³-hybridized carbons (Fsp3) is 0.400. The van der Waals surface area contributed by atoms with E-state index in [0.29, 0.717) is 37.5 Å². The highest BCUT2D eigenvalue weighted by Crippen LogP contribution is 2.22. The predicted octanol–water partition coefficient (Wildman–Crippen LogP) is 6.16. The van der Waals surface area contributed by atoms with Gasteiger partial charge >= 0.3 is 30.3 Å². The first-order valence-electron chi connectivity index (χ1n) is 18.8. The first-order valence-corrected chi connectivity index (χ1v) is 20.2. The van der Waals surface area contributed by atoms with Crippen LogP contribution in [0.5, 0.6) is 0 Å². The second-order valence-electron chi connectivity index (χ2n) is 13.8. The van der Waals surface area contributed by atoms with Crippen molar-refractivity contribution in [2.24, 2.45) is 5.92 Å². The minimum Gasteiger partial charge on any atom is -0.480 e. The zero-order valence-electron chi connectivity index (χ0n) is 34.1. The molecule has 0 saturated heterocycles. The van der Waals surface area contributed by atoms with Gasteiger partial charge in [0.05, 0.1) is 24.2 Å². The zero-order valence-corrected chi connectivity index (χ0v) is 34.9. The number of halogens is 6. The largest absolute Gasteiger partial charge is 0.490 e. The maximum atomic E-state index is 13.5. The third-order valence-electron chi connectivity index (χ3n) is 9.14. The van der Waals surface area contributed by atoms with E-state index in [1.165, 1.54) is 23.9 Å². The van der Waals surface area contributed by atoms with E-state index < -0.39 is 47.1 Å². The molecular weight excluding hydrogens is 871 g/mol. The zero-order chi connectivity index (χ0) is 47.5. The second-order valence-corrected chi connectivity index (χ2v) is 14.8. The number of carboxylic acid groups (broad SMARTS) is 3. The van der Waals surface area contributed by atoms with Crippen molar-refractivity contribution in [3.05, 3.63) is 106 Å². The molecule has 16 nitrogen and oxygen atoms in total. The highest BCUT2D eigenvalue weighted by molar-refractivity contribution is 7.98. The van der Waals surface area contributed by atoms with Crippen molar-refractivity contribution in [2.75, 3.05) is 25.1 Å². The van der Waals surface area contributed by atoms with Crippen LogP contribution in [0.1, 0.15) is 43.5 Å². The van der Waals surface area contributed by atoms with Crippen molar-refractivity contribution >= 4 is 57.9 Å². The molecule has 0 bridgehead atoms. The van der Waals surface area contributed by atoms with E-state index in [2.05, 4.69) is 22.5 Å². The lowest BCUT2D eigenvalue weighted by Gasteiger charge is -2.31. The van der Waals surface area contributed by atoms with E-state index in [-0.39, 0.29) is 36.5 Å². The summed E-state index contributed by atoms with van der Waals surface area (Å²) in [4.78, 5) is 73.3. The van der Waals surface area contributed by atoms with Gasteiger partial charge in [0.2, 0.25) is 11.8 Å². The Bertz CT molecular complexity index is 2120. The molecule has 3 aromatic carbocycles. The van der Waals surface area contributed by atoms with Crippen molar-refractivity contribution in [2.45, 2.75) is 70.6 Å². The van der Waals surface area contributed by atoms with Crippen LogP contribution in [0.4, 0.5) is 32.0 Å². The topological polar surface area (TPSA) is 234 Å². The van der Waals surface area contributed by atoms with Gasteiger partial charge in [-0.1, -0.05) is 74.9 Å². The normalized spacial score (nSPS) is 12.7. The van der Waals surface area contributed by atoms with Crippen LogP contribution in [0.3, 0.4) is 0 Å². The predicted molar refractivity (Wildman–Crippen MR) is 219 cm³/mol. The molecule has 0 spiro atoms. The number of hydrogen-bond acceptors (Lipinski definition) is 10. The van der Waals surface area contributed by atoms with Gasteiger partial charge in [0.25, 0.3) is 5.69 Å². The van der Waals surface area contributed by atoms with Crippen LogP contribution in [0.25, 0.3) is 10.8 Å². The SMILES string of the molecule is CC[C@H](C)[C@@H](CN(CC(=O)N[C@@H](CCSC)C(=O)O)Cc1cccc2ccccc12)NC(=O)Cc1cncn1Cc1ccc([N+](=O)[O-])cc1.O=C(O)C(F)(F)F.O=C(O)C(F)(F)F. The number of carboxylic acids is 3. The molecule has 0 radical (unpaired) electrons. The molecule has 0 aliphatic rings. The number of nitrogens with one attached hydrogen (secondary N) is 2. The van der Waals surface area contributed by atoms with Crippen LogP contribution in [-0.4, -0.2) is 114 Å². The van der Waals surface area contributed by atoms with Crippen LogP contribution >= 0.6 is 11.8 Å². The van der Waals surface area contributed by atoms with Gasteiger partial charge in [-0.3, -0.25) is 24.6 Å². The standard InChI is InChI=1S/C36H44N6O6S.2C2HF3O2/c1-4-25(2)33(39-34(43)18-30-19-37-24-41(30)20-26-12-14-29(15-13-26)42(47)48)22-40(23-35(44)38-32(36(45)46)16-17-49-3)21-28-10-7-9-27-8-5-6-11-31(27)28;2*3-2(4,5)1(6)7/h5-15,19,24-25,32-33H,4,16-18,20-23H2,1-3H3,(H,38,44)(H,39,43)(H,45,46);2*(H,6,7)/t25-,32-,33+;;/m0../s1. The summed E-state index contributed by atoms with van der Waals surface area (Å²) in [5, 5.41) is 43.0. The number of hydrogen-bond donors (Lipinski definition) is 5. The van der Waals surface area contributed by atoms with Crippen molar-refractivity contribution in [1.29, 1.82) is 0 Å². The quantitative estimate of drug-likeness (QED) is 0.0404. The number of non-ortho nitro benzene ring substituents is 1. The van der Waals surface area contributed by atoms with Crippen LogP contribution in [0.2, 0.25) is 0 Å². The molecule has 1 heterocycles. The molecule has 0 fully saturated rings. The van der Waals surface area contributed by atoms with Crippen LogP contribution in [-0.2, 0) is 43.5 Å². The Morgan fingerprint density at radius 3 is 2.02 bits per heavy atom. The number of aliphatic carboxylic acids is 3. The van der Waals surface area contributed by atoms with E-state index in [9.17, 15) is 55.9 Å². The second kappa shape index (κ2) is 25.0. The summed E-state index contributed by atoms with van der Waals surface area (Å²) < 4.78 is 65.3. The highest BCUT2D eigenvalue weighted by Gasteiger charge is 2.39. The number of nitro groups is 1. The Morgan fingerprint density at radius 1 is 0.889 bits per heavy atom. The summed E-state index contributed by atoms with van der Waals surface area (Å²) in [5.74, 6) is -6.50. The molecule has 4 rings (SSSR count). The molecule has 3 atom stereocenters. The molecule has 4 aromatic rings.